The summed E-state index contributed by atoms with van der Waals surface area (Å²) in [7, 11) is 0. The highest BCUT2D eigenvalue weighted by atomic mass is 32.1. The summed E-state index contributed by atoms with van der Waals surface area (Å²) in [6, 6.07) is 8.96. The minimum atomic E-state index is 0.0122. The van der Waals surface area contributed by atoms with Crippen molar-refractivity contribution < 1.29 is 9.53 Å². The van der Waals surface area contributed by atoms with Crippen LogP contribution in [-0.4, -0.2) is 58.3 Å². The number of rotatable bonds is 3. The molecule has 3 heterocycles. The van der Waals surface area contributed by atoms with E-state index in [1.165, 1.54) is 27.4 Å². The zero-order valence-corrected chi connectivity index (χ0v) is 18.8. The van der Waals surface area contributed by atoms with Gasteiger partial charge in [0.25, 0.3) is 0 Å². The summed E-state index contributed by atoms with van der Waals surface area (Å²) in [6.07, 6.45) is 1.60. The number of carbonyl (C=O) groups excluding carboxylic acids is 1. The quantitative estimate of drug-likeness (QED) is 0.810. The molecule has 1 aliphatic carbocycles. The minimum Gasteiger partial charge on any atom is -0.378 e. The molecular weight excluding hydrogens is 394 g/mol. The van der Waals surface area contributed by atoms with Gasteiger partial charge in [0.05, 0.1) is 23.1 Å². The van der Waals surface area contributed by atoms with E-state index in [2.05, 4.69) is 53.2 Å². The predicted octanol–water partition coefficient (Wildman–Crippen LogP) is 3.82. The van der Waals surface area contributed by atoms with Crippen LogP contribution < -0.4 is 15.1 Å². The summed E-state index contributed by atoms with van der Waals surface area (Å²) in [5.41, 5.74) is 5.09. The minimum absolute atomic E-state index is 0.0122. The summed E-state index contributed by atoms with van der Waals surface area (Å²) >= 11 is 1.71. The van der Waals surface area contributed by atoms with Crippen molar-refractivity contribution in [3.05, 3.63) is 34.7 Å². The Morgan fingerprint density at radius 3 is 2.57 bits per heavy atom. The van der Waals surface area contributed by atoms with Crippen LogP contribution in [0.4, 0.5) is 10.7 Å². The largest absolute Gasteiger partial charge is 0.378 e. The molecule has 0 amide bonds. The summed E-state index contributed by atoms with van der Waals surface area (Å²) in [4.78, 5) is 18.9. The Morgan fingerprint density at radius 2 is 1.80 bits per heavy atom. The Kier molecular flexibility index (Phi) is 5.33. The normalized spacial score (nSPS) is 21.6. The number of nitrogens with one attached hydrogen (secondary N) is 1. The van der Waals surface area contributed by atoms with E-state index in [0.717, 1.165) is 63.8 Å². The van der Waals surface area contributed by atoms with Crippen molar-refractivity contribution in [2.45, 2.75) is 26.7 Å². The number of ketones is 1. The molecule has 0 radical (unpaired) electrons. The van der Waals surface area contributed by atoms with Gasteiger partial charge in [-0.2, -0.15) is 0 Å². The van der Waals surface area contributed by atoms with Crippen LogP contribution in [0.5, 0.6) is 0 Å². The number of benzene rings is 1. The van der Waals surface area contributed by atoms with Gasteiger partial charge in [-0.25, -0.2) is 0 Å². The Balaban J connectivity index is 1.62. The van der Waals surface area contributed by atoms with E-state index in [0.29, 0.717) is 12.2 Å². The molecule has 0 bridgehead atoms. The first kappa shape index (κ1) is 20.0. The van der Waals surface area contributed by atoms with Crippen molar-refractivity contribution in [1.82, 2.24) is 5.32 Å². The average molecular weight is 426 g/mol. The van der Waals surface area contributed by atoms with Crippen LogP contribution in [0.3, 0.4) is 0 Å². The number of thiophene rings is 1. The lowest BCUT2D eigenvalue weighted by atomic mass is 9.75. The van der Waals surface area contributed by atoms with E-state index in [-0.39, 0.29) is 5.41 Å². The first-order valence-electron chi connectivity index (χ1n) is 11.1. The molecule has 5 nitrogen and oxygen atoms in total. The van der Waals surface area contributed by atoms with Gasteiger partial charge in [-0.1, -0.05) is 26.0 Å². The van der Waals surface area contributed by atoms with Gasteiger partial charge >= 0.3 is 0 Å². The van der Waals surface area contributed by atoms with E-state index in [1.54, 1.807) is 11.3 Å². The number of piperazine rings is 1. The molecule has 2 saturated heterocycles. The molecule has 1 aromatic carbocycles. The fourth-order valence-electron chi connectivity index (χ4n) is 4.97. The highest BCUT2D eigenvalue weighted by Gasteiger charge is 2.37. The molecule has 0 spiro atoms. The molecule has 2 fully saturated rings. The van der Waals surface area contributed by atoms with Gasteiger partial charge in [-0.15, -0.1) is 11.3 Å². The van der Waals surface area contributed by atoms with Crippen LogP contribution in [0.1, 0.15) is 35.5 Å². The van der Waals surface area contributed by atoms with E-state index in [9.17, 15) is 4.79 Å². The van der Waals surface area contributed by atoms with Crippen LogP contribution >= 0.6 is 11.3 Å². The summed E-state index contributed by atoms with van der Waals surface area (Å²) < 4.78 is 5.60. The van der Waals surface area contributed by atoms with Gasteiger partial charge in [-0.05, 0) is 35.1 Å². The number of carbonyl (C=O) groups is 1. The van der Waals surface area contributed by atoms with Crippen molar-refractivity contribution in [2.24, 2.45) is 5.41 Å². The number of anilines is 2. The van der Waals surface area contributed by atoms with Gasteiger partial charge in [0.2, 0.25) is 0 Å². The van der Waals surface area contributed by atoms with Gasteiger partial charge in [0.1, 0.15) is 0 Å². The molecule has 2 aromatic rings. The molecule has 0 atom stereocenters. The highest BCUT2D eigenvalue weighted by molar-refractivity contribution is 7.19. The van der Waals surface area contributed by atoms with E-state index in [1.807, 2.05) is 0 Å². The lowest BCUT2D eigenvalue weighted by Gasteiger charge is -2.31. The number of ether oxygens (including phenoxy) is 1. The van der Waals surface area contributed by atoms with Crippen LogP contribution in [-0.2, 0) is 11.2 Å². The number of Topliss-reactive ketones (excluding diaryl/α,β-unsaturated/α-hetero) is 1. The number of morpholine rings is 1. The Labute approximate surface area is 183 Å². The molecule has 160 valence electrons. The molecule has 30 heavy (non-hydrogen) atoms. The van der Waals surface area contributed by atoms with Crippen LogP contribution in [0.15, 0.2) is 24.3 Å². The summed E-state index contributed by atoms with van der Waals surface area (Å²) in [5.74, 6) is 0.310. The third-order valence-corrected chi connectivity index (χ3v) is 7.79. The second kappa shape index (κ2) is 7.98. The van der Waals surface area contributed by atoms with Crippen LogP contribution in [0.2, 0.25) is 0 Å². The summed E-state index contributed by atoms with van der Waals surface area (Å²) in [5, 5.41) is 4.69. The highest BCUT2D eigenvalue weighted by Crippen LogP contribution is 2.49. The van der Waals surface area contributed by atoms with Gasteiger partial charge in [-0.3, -0.25) is 4.79 Å². The average Bonchev–Trinajstić information content (AvgIpc) is 3.14. The third kappa shape index (κ3) is 3.77. The summed E-state index contributed by atoms with van der Waals surface area (Å²) in [6.45, 7) is 11.9. The maximum Gasteiger partial charge on any atom is 0.173 e. The van der Waals surface area contributed by atoms with Crippen molar-refractivity contribution in [3.8, 4) is 11.1 Å². The van der Waals surface area contributed by atoms with Crippen molar-refractivity contribution in [2.75, 3.05) is 62.3 Å². The van der Waals surface area contributed by atoms with E-state index in [4.69, 9.17) is 4.74 Å². The zero-order chi connectivity index (χ0) is 20.7. The maximum absolute atomic E-state index is 13.0. The van der Waals surface area contributed by atoms with Gasteiger partial charge < -0.3 is 19.9 Å². The molecule has 5 rings (SSSR count). The molecular formula is C24H31N3O2S. The van der Waals surface area contributed by atoms with Gasteiger partial charge in [0.15, 0.2) is 5.78 Å². The van der Waals surface area contributed by atoms with E-state index < -0.39 is 0 Å². The zero-order valence-electron chi connectivity index (χ0n) is 18.0. The lowest BCUT2D eigenvalue weighted by molar-refractivity contribution is 0.0918. The maximum atomic E-state index is 13.0. The number of hydrogen-bond donors (Lipinski definition) is 1. The first-order valence-corrected chi connectivity index (χ1v) is 11.9. The predicted molar refractivity (Wildman–Crippen MR) is 124 cm³/mol. The molecule has 1 N–H and O–H groups in total. The smallest absolute Gasteiger partial charge is 0.173 e. The SMILES string of the molecule is CC1(C)CC(=O)c2sc(N3CCOCC3)c(-c3cccc(N4CCNCC4)c3)c2C1. The second-order valence-electron chi connectivity index (χ2n) is 9.42. The topological polar surface area (TPSA) is 44.8 Å². The first-order chi connectivity index (χ1) is 14.5. The molecule has 6 heteroatoms. The number of nitrogens with zero attached hydrogens (tertiary/aromatic N) is 2. The molecule has 0 saturated carbocycles. The van der Waals surface area contributed by atoms with Crippen molar-refractivity contribution in [3.63, 3.8) is 0 Å². The number of fused-ring (bicyclic) bond motifs is 1. The molecule has 2 aliphatic heterocycles. The Morgan fingerprint density at radius 1 is 1.03 bits per heavy atom. The molecule has 1 aromatic heterocycles. The lowest BCUT2D eigenvalue weighted by Crippen LogP contribution is -2.43. The third-order valence-electron chi connectivity index (χ3n) is 6.45. The van der Waals surface area contributed by atoms with Gasteiger partial charge in [0, 0.05) is 56.9 Å². The standard InChI is InChI=1S/C24H31N3O2S/c1-24(2)15-19-21(17-4-3-5-18(14-17)26-8-6-25-7-9-26)23(27-10-12-29-13-11-27)30-22(19)20(28)16-24/h3-5,14,25H,6-13,15-16H2,1-2H3. The van der Waals surface area contributed by atoms with Crippen LogP contribution in [0.25, 0.3) is 11.1 Å². The Bertz CT molecular complexity index is 940. The second-order valence-corrected chi connectivity index (χ2v) is 10.4. The van der Waals surface area contributed by atoms with E-state index >= 15 is 0 Å². The molecule has 0 unspecified atom stereocenters. The van der Waals surface area contributed by atoms with Crippen molar-refractivity contribution in [1.29, 1.82) is 0 Å². The number of hydrogen-bond acceptors (Lipinski definition) is 6. The molecule has 3 aliphatic rings. The fraction of sp³-hybridized carbons (Fsp3) is 0.542. The van der Waals surface area contributed by atoms with Crippen LogP contribution in [0, 0.1) is 5.41 Å². The Hall–Kier alpha value is -1.89. The fourth-order valence-corrected chi connectivity index (χ4v) is 6.30. The van der Waals surface area contributed by atoms with Crippen molar-refractivity contribution >= 4 is 27.8 Å². The monoisotopic (exact) mass is 425 g/mol.